The zero-order valence-electron chi connectivity index (χ0n) is 19.0. The number of hydrogen-bond acceptors (Lipinski definition) is 3. The van der Waals surface area contributed by atoms with E-state index in [1.807, 2.05) is 61.7 Å². The number of carbonyl (C=O) groups is 1. The number of rotatable bonds is 4. The number of para-hydroxylation sites is 2. The molecule has 0 spiro atoms. The Morgan fingerprint density at radius 2 is 1.57 bits per heavy atom. The average molecular weight is 485 g/mol. The summed E-state index contributed by atoms with van der Waals surface area (Å²) in [6.45, 7) is 2.06. The minimum Gasteiger partial charge on any atom is -0.361 e. The van der Waals surface area contributed by atoms with Crippen LogP contribution in [0.4, 0.5) is 0 Å². The predicted octanol–water partition coefficient (Wildman–Crippen LogP) is 4.18. The van der Waals surface area contributed by atoms with Gasteiger partial charge in [0.2, 0.25) is 10.0 Å². The van der Waals surface area contributed by atoms with E-state index < -0.39 is 22.0 Å². The molecular weight excluding hydrogens is 460 g/mol. The Labute approximate surface area is 202 Å². The number of H-pyrrole nitrogens is 2. The fourth-order valence-corrected chi connectivity index (χ4v) is 6.34. The van der Waals surface area contributed by atoms with E-state index >= 15 is 0 Å². The van der Waals surface area contributed by atoms with Crippen molar-refractivity contribution in [3.05, 3.63) is 101 Å². The highest BCUT2D eigenvalue weighted by Crippen LogP contribution is 2.40. The van der Waals surface area contributed by atoms with Crippen molar-refractivity contribution >= 4 is 37.7 Å². The lowest BCUT2D eigenvalue weighted by molar-refractivity contribution is 0.0950. The van der Waals surface area contributed by atoms with E-state index in [-0.39, 0.29) is 17.3 Å². The lowest BCUT2D eigenvalue weighted by Crippen LogP contribution is -2.45. The van der Waals surface area contributed by atoms with Crippen LogP contribution >= 0.6 is 0 Å². The minimum absolute atomic E-state index is 0.144. The molecule has 0 fully saturated rings. The minimum atomic E-state index is -3.85. The van der Waals surface area contributed by atoms with Gasteiger partial charge in [-0.15, -0.1) is 0 Å². The van der Waals surface area contributed by atoms with Gasteiger partial charge in [-0.25, -0.2) is 13.1 Å². The van der Waals surface area contributed by atoms with E-state index in [0.717, 1.165) is 38.5 Å². The summed E-state index contributed by atoms with van der Waals surface area (Å²) in [5.41, 5.74) is 4.94. The first-order valence-electron chi connectivity index (χ1n) is 11.5. The van der Waals surface area contributed by atoms with Crippen LogP contribution in [0.1, 0.15) is 33.1 Å². The Bertz CT molecular complexity index is 1680. The maximum Gasteiger partial charge on any atom is 0.268 e. The molecule has 2 aromatic heterocycles. The number of nitrogens with one attached hydrogen (secondary N) is 4. The quantitative estimate of drug-likeness (QED) is 0.307. The molecule has 1 aliphatic heterocycles. The number of aromatic amines is 2. The van der Waals surface area contributed by atoms with Gasteiger partial charge in [-0.1, -0.05) is 54.1 Å². The Morgan fingerprint density at radius 3 is 2.34 bits per heavy atom. The molecule has 2 atom stereocenters. The molecule has 6 rings (SSSR count). The normalized spacial score (nSPS) is 18.4. The number of aryl methyl sites for hydroxylation is 1. The summed E-state index contributed by atoms with van der Waals surface area (Å²) in [5, 5.41) is 4.81. The highest BCUT2D eigenvalue weighted by Gasteiger charge is 2.38. The van der Waals surface area contributed by atoms with Crippen LogP contribution in [-0.2, 0) is 10.0 Å². The summed E-state index contributed by atoms with van der Waals surface area (Å²) in [7, 11) is -3.85. The third-order valence-electron chi connectivity index (χ3n) is 6.76. The fourth-order valence-electron chi connectivity index (χ4n) is 5.09. The van der Waals surface area contributed by atoms with Gasteiger partial charge in [0.1, 0.15) is 5.69 Å². The second-order valence-electron chi connectivity index (χ2n) is 8.98. The van der Waals surface area contributed by atoms with Crippen molar-refractivity contribution in [2.24, 2.45) is 0 Å². The third-order valence-corrected chi connectivity index (χ3v) is 8.27. The van der Waals surface area contributed by atoms with Gasteiger partial charge in [0.05, 0.1) is 10.9 Å². The molecule has 0 saturated carbocycles. The van der Waals surface area contributed by atoms with Gasteiger partial charge >= 0.3 is 0 Å². The molecule has 0 aliphatic carbocycles. The van der Waals surface area contributed by atoms with E-state index in [2.05, 4.69) is 20.0 Å². The van der Waals surface area contributed by atoms with E-state index in [0.29, 0.717) is 5.69 Å². The Hall–Kier alpha value is -3.88. The van der Waals surface area contributed by atoms with Gasteiger partial charge in [-0.3, -0.25) is 4.79 Å². The van der Waals surface area contributed by atoms with Gasteiger partial charge in [0.25, 0.3) is 5.91 Å². The van der Waals surface area contributed by atoms with Crippen molar-refractivity contribution in [3.8, 4) is 0 Å². The number of aromatic nitrogens is 2. The molecule has 7 nitrogen and oxygen atoms in total. The van der Waals surface area contributed by atoms with Crippen LogP contribution in [0.15, 0.2) is 83.9 Å². The van der Waals surface area contributed by atoms with Gasteiger partial charge in [-0.2, -0.15) is 0 Å². The van der Waals surface area contributed by atoms with E-state index in [1.165, 1.54) is 0 Å². The summed E-state index contributed by atoms with van der Waals surface area (Å²) in [4.78, 5) is 19.9. The molecule has 35 heavy (non-hydrogen) atoms. The van der Waals surface area contributed by atoms with Crippen LogP contribution in [0.2, 0.25) is 0 Å². The summed E-state index contributed by atoms with van der Waals surface area (Å²) in [6, 6.07) is 21.8. The number of amides is 1. The second kappa shape index (κ2) is 8.11. The molecule has 0 saturated heterocycles. The van der Waals surface area contributed by atoms with Crippen LogP contribution in [0.25, 0.3) is 21.8 Å². The van der Waals surface area contributed by atoms with E-state index in [4.69, 9.17) is 0 Å². The molecular formula is C27H24N4O3S. The van der Waals surface area contributed by atoms with Crippen LogP contribution in [0.3, 0.4) is 0 Å². The lowest BCUT2D eigenvalue weighted by atomic mass is 9.84. The van der Waals surface area contributed by atoms with Crippen molar-refractivity contribution in [3.63, 3.8) is 0 Å². The van der Waals surface area contributed by atoms with Gasteiger partial charge in [0, 0.05) is 40.5 Å². The van der Waals surface area contributed by atoms with Crippen molar-refractivity contribution in [1.29, 1.82) is 0 Å². The Morgan fingerprint density at radius 1 is 0.886 bits per heavy atom. The molecule has 0 unspecified atom stereocenters. The summed E-state index contributed by atoms with van der Waals surface area (Å²) in [5.74, 6) is -0.672. The predicted molar refractivity (Wildman–Crippen MR) is 136 cm³/mol. The molecule has 0 radical (unpaired) electrons. The number of hydrogen-bond donors (Lipinski definition) is 4. The third kappa shape index (κ3) is 3.62. The van der Waals surface area contributed by atoms with Crippen molar-refractivity contribution in [2.75, 3.05) is 6.54 Å². The molecule has 8 heteroatoms. The molecule has 1 amide bonds. The molecule has 176 valence electrons. The zero-order valence-corrected chi connectivity index (χ0v) is 19.8. The summed E-state index contributed by atoms with van der Waals surface area (Å²) >= 11 is 0. The maximum absolute atomic E-state index is 13.5. The number of sulfonamides is 1. The molecule has 0 bridgehead atoms. The second-order valence-corrected chi connectivity index (χ2v) is 10.7. The van der Waals surface area contributed by atoms with Crippen molar-refractivity contribution in [1.82, 2.24) is 20.0 Å². The van der Waals surface area contributed by atoms with E-state index in [9.17, 15) is 13.2 Å². The first-order valence-corrected chi connectivity index (χ1v) is 12.9. The van der Waals surface area contributed by atoms with Gasteiger partial charge < -0.3 is 15.3 Å². The first-order chi connectivity index (χ1) is 16.9. The van der Waals surface area contributed by atoms with Crippen molar-refractivity contribution in [2.45, 2.75) is 23.8 Å². The Balaban J connectivity index is 1.56. The molecule has 5 aromatic rings. The number of fused-ring (bicyclic) bond motifs is 4. The highest BCUT2D eigenvalue weighted by atomic mass is 32.2. The van der Waals surface area contributed by atoms with Crippen LogP contribution in [0.5, 0.6) is 0 Å². The molecule has 3 aromatic carbocycles. The van der Waals surface area contributed by atoms with Gasteiger partial charge in [-0.05, 0) is 42.3 Å². The monoisotopic (exact) mass is 484 g/mol. The van der Waals surface area contributed by atoms with Crippen molar-refractivity contribution < 1.29 is 13.2 Å². The fraction of sp³-hybridized carbons (Fsp3) is 0.148. The molecule has 1 aliphatic rings. The summed E-state index contributed by atoms with van der Waals surface area (Å²) in [6.07, 6.45) is 1.92. The summed E-state index contributed by atoms with van der Waals surface area (Å²) < 4.78 is 29.8. The Kier molecular flexibility index (Phi) is 5.01. The topological polar surface area (TPSA) is 107 Å². The molecule has 4 N–H and O–H groups in total. The van der Waals surface area contributed by atoms with Gasteiger partial charge in [0.15, 0.2) is 0 Å². The van der Waals surface area contributed by atoms with Crippen LogP contribution in [0, 0.1) is 6.92 Å². The average Bonchev–Trinajstić information content (AvgIpc) is 3.42. The SMILES string of the molecule is Cc1ccc(S(=O)(=O)N[C@@H]2CNC(=O)c3[nH]c4ccccc4c3[C@H]2c2c[nH]c3ccccc23)cc1. The number of benzene rings is 3. The molecule has 3 heterocycles. The largest absolute Gasteiger partial charge is 0.361 e. The van der Waals surface area contributed by atoms with Crippen LogP contribution in [-0.4, -0.2) is 36.9 Å². The lowest BCUT2D eigenvalue weighted by Gasteiger charge is -2.26. The van der Waals surface area contributed by atoms with E-state index in [1.54, 1.807) is 24.3 Å². The van der Waals surface area contributed by atoms with Crippen LogP contribution < -0.4 is 10.0 Å². The highest BCUT2D eigenvalue weighted by molar-refractivity contribution is 7.89. The maximum atomic E-state index is 13.5. The standard InChI is InChI=1S/C27H24N4O3S/c1-16-10-12-17(13-11-16)35(33,34)31-23-15-29-27(32)26-25(19-7-3-5-9-22(19)30-26)24(23)20-14-28-21-8-4-2-6-18(20)21/h2-14,23-24,28,30-31H,15H2,1H3,(H,29,32)/t23-,24+/m1/s1. The smallest absolute Gasteiger partial charge is 0.268 e. The first kappa shape index (κ1) is 21.6. The zero-order chi connectivity index (χ0) is 24.2. The number of carbonyl (C=O) groups excluding carboxylic acids is 1.